The molecule has 3 aromatic rings. The van der Waals surface area contributed by atoms with Crippen LogP contribution in [-0.4, -0.2) is 29.3 Å². The molecule has 142 valence electrons. The molecule has 0 atom stereocenters. The summed E-state index contributed by atoms with van der Waals surface area (Å²) in [5, 5.41) is 10.0. The number of ether oxygens (including phenoxy) is 2. The lowest BCUT2D eigenvalue weighted by Crippen LogP contribution is -2.00. The number of hydrogen-bond acceptors (Lipinski definition) is 5. The maximum Gasteiger partial charge on any atom is 0.307 e. The molecule has 0 radical (unpaired) electrons. The van der Waals surface area contributed by atoms with Crippen LogP contribution >= 0.6 is 11.3 Å². The fourth-order valence-corrected chi connectivity index (χ4v) is 3.66. The van der Waals surface area contributed by atoms with Crippen molar-refractivity contribution in [3.8, 4) is 23.8 Å². The quantitative estimate of drug-likeness (QED) is 0.561. The van der Waals surface area contributed by atoms with Gasteiger partial charge >= 0.3 is 5.97 Å². The van der Waals surface area contributed by atoms with E-state index in [0.717, 1.165) is 15.8 Å². The Kier molecular flexibility index (Phi) is 6.30. The van der Waals surface area contributed by atoms with E-state index in [1.54, 1.807) is 6.07 Å². The third-order valence-corrected chi connectivity index (χ3v) is 4.94. The molecular weight excluding hydrogens is 374 g/mol. The molecule has 0 fully saturated rings. The van der Waals surface area contributed by atoms with Crippen molar-refractivity contribution in [2.45, 2.75) is 13.3 Å². The standard InChI is InChI=1S/C22H19NO4S/c1-3-11-27-18-10-9-15(13-19(18)26-4-2)12-16(14-21(24)25)22-23-17-7-5-6-8-20(17)28-22/h1,5-10,12-13H,4,11,14H2,2H3,(H,24,25)/b16-12+. The molecule has 1 heterocycles. The molecule has 28 heavy (non-hydrogen) atoms. The first-order chi connectivity index (χ1) is 13.6. The third-order valence-electron chi connectivity index (χ3n) is 3.83. The van der Waals surface area contributed by atoms with Crippen LogP contribution in [0.25, 0.3) is 21.9 Å². The Morgan fingerprint density at radius 1 is 1.25 bits per heavy atom. The van der Waals surface area contributed by atoms with Crippen molar-refractivity contribution in [1.29, 1.82) is 0 Å². The minimum Gasteiger partial charge on any atom is -0.490 e. The SMILES string of the molecule is C#CCOc1ccc(/C=C(\CC(=O)O)c2nc3ccccc3s2)cc1OCC. The number of thiazole rings is 1. The van der Waals surface area contributed by atoms with E-state index in [1.807, 2.05) is 49.4 Å². The Labute approximate surface area is 167 Å². The zero-order valence-electron chi connectivity index (χ0n) is 15.3. The van der Waals surface area contributed by atoms with Crippen LogP contribution in [0.3, 0.4) is 0 Å². The normalized spacial score (nSPS) is 11.2. The summed E-state index contributed by atoms with van der Waals surface area (Å²) in [5.74, 6) is 2.63. The summed E-state index contributed by atoms with van der Waals surface area (Å²) in [4.78, 5) is 16.0. The predicted molar refractivity (Wildman–Crippen MR) is 112 cm³/mol. The van der Waals surface area contributed by atoms with Gasteiger partial charge in [-0.2, -0.15) is 0 Å². The number of fused-ring (bicyclic) bond motifs is 1. The lowest BCUT2D eigenvalue weighted by atomic mass is 10.1. The van der Waals surface area contributed by atoms with Gasteiger partial charge in [-0.3, -0.25) is 4.79 Å². The van der Waals surface area contributed by atoms with Crippen LogP contribution in [0.15, 0.2) is 42.5 Å². The van der Waals surface area contributed by atoms with E-state index in [0.29, 0.717) is 28.7 Å². The van der Waals surface area contributed by atoms with Crippen LogP contribution in [0, 0.1) is 12.3 Å². The first-order valence-corrected chi connectivity index (χ1v) is 9.53. The van der Waals surface area contributed by atoms with Gasteiger partial charge in [-0.05, 0) is 48.4 Å². The van der Waals surface area contributed by atoms with E-state index < -0.39 is 5.97 Å². The highest BCUT2D eigenvalue weighted by atomic mass is 32.1. The lowest BCUT2D eigenvalue weighted by Gasteiger charge is -2.11. The molecule has 5 nitrogen and oxygen atoms in total. The van der Waals surface area contributed by atoms with Crippen LogP contribution in [-0.2, 0) is 4.79 Å². The molecule has 0 aliphatic carbocycles. The largest absolute Gasteiger partial charge is 0.490 e. The highest BCUT2D eigenvalue weighted by Gasteiger charge is 2.13. The van der Waals surface area contributed by atoms with E-state index >= 15 is 0 Å². The van der Waals surface area contributed by atoms with E-state index in [4.69, 9.17) is 15.9 Å². The molecule has 0 aliphatic rings. The molecule has 0 unspecified atom stereocenters. The summed E-state index contributed by atoms with van der Waals surface area (Å²) in [6, 6.07) is 13.2. The van der Waals surface area contributed by atoms with E-state index in [1.165, 1.54) is 11.3 Å². The van der Waals surface area contributed by atoms with E-state index in [-0.39, 0.29) is 13.0 Å². The summed E-state index contributed by atoms with van der Waals surface area (Å²) < 4.78 is 12.2. The molecule has 1 aromatic heterocycles. The van der Waals surface area contributed by atoms with Gasteiger partial charge in [0.2, 0.25) is 0 Å². The molecule has 0 saturated heterocycles. The van der Waals surface area contributed by atoms with E-state index in [2.05, 4.69) is 10.9 Å². The van der Waals surface area contributed by atoms with E-state index in [9.17, 15) is 9.90 Å². The lowest BCUT2D eigenvalue weighted by molar-refractivity contribution is -0.135. The zero-order chi connectivity index (χ0) is 19.9. The number of aromatic nitrogens is 1. The van der Waals surface area contributed by atoms with Crippen LogP contribution in [0.5, 0.6) is 11.5 Å². The van der Waals surface area contributed by atoms with Gasteiger partial charge in [0.05, 0.1) is 23.2 Å². The maximum atomic E-state index is 11.4. The number of aliphatic carboxylic acids is 1. The molecule has 0 aliphatic heterocycles. The smallest absolute Gasteiger partial charge is 0.307 e. The summed E-state index contributed by atoms with van der Waals surface area (Å²) in [7, 11) is 0. The molecular formula is C22H19NO4S. The molecule has 0 bridgehead atoms. The fourth-order valence-electron chi connectivity index (χ4n) is 2.68. The number of benzene rings is 2. The van der Waals surface area contributed by atoms with Crippen molar-refractivity contribution in [2.24, 2.45) is 0 Å². The van der Waals surface area contributed by atoms with Gasteiger partial charge < -0.3 is 14.6 Å². The summed E-state index contributed by atoms with van der Waals surface area (Å²) >= 11 is 1.47. The number of carboxylic acids is 1. The minimum atomic E-state index is -0.912. The van der Waals surface area contributed by atoms with Crippen LogP contribution < -0.4 is 9.47 Å². The van der Waals surface area contributed by atoms with Gasteiger partial charge in [-0.15, -0.1) is 17.8 Å². The first-order valence-electron chi connectivity index (χ1n) is 8.72. The Balaban J connectivity index is 2.01. The number of para-hydroxylation sites is 1. The summed E-state index contributed by atoms with van der Waals surface area (Å²) in [6.07, 6.45) is 6.95. The van der Waals surface area contributed by atoms with Crippen molar-refractivity contribution in [3.63, 3.8) is 0 Å². The monoisotopic (exact) mass is 393 g/mol. The average Bonchev–Trinajstić information content (AvgIpc) is 3.11. The third kappa shape index (κ3) is 4.70. The second kappa shape index (κ2) is 9.07. The Morgan fingerprint density at radius 3 is 2.79 bits per heavy atom. The molecule has 1 N–H and O–H groups in total. The molecule has 2 aromatic carbocycles. The van der Waals surface area contributed by atoms with Gasteiger partial charge in [0.25, 0.3) is 0 Å². The Morgan fingerprint density at radius 2 is 2.07 bits per heavy atom. The topological polar surface area (TPSA) is 68.7 Å². The van der Waals surface area contributed by atoms with Crippen molar-refractivity contribution < 1.29 is 19.4 Å². The highest BCUT2D eigenvalue weighted by molar-refractivity contribution is 7.19. The Hall–Kier alpha value is -3.30. The highest BCUT2D eigenvalue weighted by Crippen LogP contribution is 2.33. The number of terminal acetylenes is 1. The van der Waals surface area contributed by atoms with Gasteiger partial charge in [0.1, 0.15) is 11.6 Å². The van der Waals surface area contributed by atoms with Gasteiger partial charge in [-0.1, -0.05) is 24.1 Å². The number of rotatable bonds is 8. The molecule has 0 spiro atoms. The van der Waals surface area contributed by atoms with Crippen molar-refractivity contribution in [3.05, 3.63) is 53.0 Å². The van der Waals surface area contributed by atoms with Crippen LogP contribution in [0.2, 0.25) is 0 Å². The second-order valence-corrected chi connectivity index (χ2v) is 6.89. The van der Waals surface area contributed by atoms with Gasteiger partial charge in [0.15, 0.2) is 11.5 Å². The average molecular weight is 393 g/mol. The first kappa shape index (κ1) is 19.5. The van der Waals surface area contributed by atoms with Crippen molar-refractivity contribution in [2.75, 3.05) is 13.2 Å². The maximum absolute atomic E-state index is 11.4. The van der Waals surface area contributed by atoms with Crippen molar-refractivity contribution in [1.82, 2.24) is 4.98 Å². The molecule has 3 rings (SSSR count). The molecule has 0 saturated carbocycles. The van der Waals surface area contributed by atoms with Gasteiger partial charge in [0, 0.05) is 0 Å². The second-order valence-electron chi connectivity index (χ2n) is 5.86. The van der Waals surface area contributed by atoms with Crippen LogP contribution in [0.1, 0.15) is 23.9 Å². The minimum absolute atomic E-state index is 0.126. The summed E-state index contributed by atoms with van der Waals surface area (Å²) in [5.41, 5.74) is 2.28. The molecule has 6 heteroatoms. The predicted octanol–water partition coefficient (Wildman–Crippen LogP) is 4.72. The fraction of sp³-hybridized carbons (Fsp3) is 0.182. The Bertz CT molecular complexity index is 1030. The summed E-state index contributed by atoms with van der Waals surface area (Å²) in [6.45, 7) is 2.50. The van der Waals surface area contributed by atoms with Crippen LogP contribution in [0.4, 0.5) is 0 Å². The zero-order valence-corrected chi connectivity index (χ0v) is 16.2. The molecule has 0 amide bonds. The van der Waals surface area contributed by atoms with Gasteiger partial charge in [-0.25, -0.2) is 4.98 Å². The number of carbonyl (C=O) groups is 1. The van der Waals surface area contributed by atoms with Crippen molar-refractivity contribution >= 4 is 39.2 Å². The number of hydrogen-bond donors (Lipinski definition) is 1. The number of carboxylic acid groups (broad SMARTS) is 1. The number of nitrogens with zero attached hydrogens (tertiary/aromatic N) is 1.